The van der Waals surface area contributed by atoms with Crippen molar-refractivity contribution in [1.82, 2.24) is 0 Å². The predicted molar refractivity (Wildman–Crippen MR) is 101 cm³/mol. The summed E-state index contributed by atoms with van der Waals surface area (Å²) < 4.78 is 13.0. The highest BCUT2D eigenvalue weighted by atomic mass is 35.5. The summed E-state index contributed by atoms with van der Waals surface area (Å²) in [6, 6.07) is 15.4. The van der Waals surface area contributed by atoms with Crippen molar-refractivity contribution in [3.63, 3.8) is 0 Å². The minimum absolute atomic E-state index is 0.188. The summed E-state index contributed by atoms with van der Waals surface area (Å²) in [5.41, 5.74) is 5.28. The van der Waals surface area contributed by atoms with Crippen LogP contribution >= 0.6 is 11.6 Å². The Morgan fingerprint density at radius 2 is 1.46 bits per heavy atom. The molecule has 126 valence electrons. The second kappa shape index (κ2) is 8.48. The van der Waals surface area contributed by atoms with Crippen molar-refractivity contribution in [2.75, 3.05) is 0 Å². The molecule has 1 saturated carbocycles. The Morgan fingerprint density at radius 3 is 2.04 bits per heavy atom. The molecule has 1 fully saturated rings. The van der Waals surface area contributed by atoms with E-state index in [2.05, 4.69) is 30.3 Å². The molecule has 0 spiro atoms. The highest BCUT2D eigenvalue weighted by molar-refractivity contribution is 6.25. The standard InChI is InChI=1S/C22H24ClF/c23-16-15-19-5-3-17(4-6-19)1-2-18-7-9-20(10-8-18)21-11-13-22(24)14-12-21/h7-17,19H,1-6H2/b16-15+/t17-,19-. The summed E-state index contributed by atoms with van der Waals surface area (Å²) in [7, 11) is 0. The highest BCUT2D eigenvalue weighted by Gasteiger charge is 2.19. The number of allylic oxidation sites excluding steroid dienone is 1. The van der Waals surface area contributed by atoms with Crippen molar-refractivity contribution in [2.24, 2.45) is 11.8 Å². The van der Waals surface area contributed by atoms with E-state index in [4.69, 9.17) is 11.6 Å². The number of halogens is 2. The van der Waals surface area contributed by atoms with E-state index in [0.29, 0.717) is 5.92 Å². The van der Waals surface area contributed by atoms with E-state index < -0.39 is 0 Å². The molecular formula is C22H24ClF. The first-order chi connectivity index (χ1) is 11.7. The molecule has 1 aliphatic rings. The van der Waals surface area contributed by atoms with Crippen LogP contribution in [0.25, 0.3) is 11.1 Å². The maximum absolute atomic E-state index is 13.0. The summed E-state index contributed by atoms with van der Waals surface area (Å²) >= 11 is 5.68. The van der Waals surface area contributed by atoms with Crippen molar-refractivity contribution in [1.29, 1.82) is 0 Å². The van der Waals surface area contributed by atoms with Gasteiger partial charge in [-0.15, -0.1) is 0 Å². The maximum Gasteiger partial charge on any atom is 0.123 e. The van der Waals surface area contributed by atoms with Gasteiger partial charge in [-0.1, -0.05) is 54.1 Å². The average Bonchev–Trinajstić information content (AvgIpc) is 2.63. The summed E-state index contributed by atoms with van der Waals surface area (Å²) in [4.78, 5) is 0. The van der Waals surface area contributed by atoms with Crippen LogP contribution in [-0.4, -0.2) is 0 Å². The second-order valence-electron chi connectivity index (χ2n) is 6.84. The van der Waals surface area contributed by atoms with Gasteiger partial charge in [0, 0.05) is 5.54 Å². The predicted octanol–water partition coefficient (Wildman–Crippen LogP) is 6.98. The monoisotopic (exact) mass is 342 g/mol. The van der Waals surface area contributed by atoms with Crippen molar-refractivity contribution in [2.45, 2.75) is 38.5 Å². The van der Waals surface area contributed by atoms with Crippen LogP contribution in [-0.2, 0) is 6.42 Å². The molecule has 1 aliphatic carbocycles. The summed E-state index contributed by atoms with van der Waals surface area (Å²) in [5.74, 6) is 1.35. The van der Waals surface area contributed by atoms with Crippen LogP contribution in [0.1, 0.15) is 37.7 Å². The van der Waals surface area contributed by atoms with Crippen molar-refractivity contribution in [3.05, 3.63) is 71.5 Å². The Morgan fingerprint density at radius 1 is 0.875 bits per heavy atom. The molecule has 0 nitrogen and oxygen atoms in total. The Balaban J connectivity index is 1.51. The first kappa shape index (κ1) is 17.2. The molecule has 0 bridgehead atoms. The van der Waals surface area contributed by atoms with Gasteiger partial charge in [-0.05, 0) is 79.2 Å². The van der Waals surface area contributed by atoms with Gasteiger partial charge >= 0.3 is 0 Å². The molecule has 0 saturated heterocycles. The third-order valence-corrected chi connectivity index (χ3v) is 5.35. The minimum Gasteiger partial charge on any atom is -0.207 e. The molecule has 0 amide bonds. The molecule has 0 heterocycles. The molecule has 0 unspecified atom stereocenters. The van der Waals surface area contributed by atoms with Gasteiger partial charge in [-0.3, -0.25) is 0 Å². The van der Waals surface area contributed by atoms with Crippen LogP contribution in [0.3, 0.4) is 0 Å². The average molecular weight is 343 g/mol. The van der Waals surface area contributed by atoms with Crippen LogP contribution in [0.2, 0.25) is 0 Å². The van der Waals surface area contributed by atoms with Crippen LogP contribution in [0, 0.1) is 17.7 Å². The van der Waals surface area contributed by atoms with Crippen molar-refractivity contribution in [3.8, 4) is 11.1 Å². The highest BCUT2D eigenvalue weighted by Crippen LogP contribution is 2.32. The van der Waals surface area contributed by atoms with E-state index in [-0.39, 0.29) is 5.82 Å². The van der Waals surface area contributed by atoms with E-state index in [1.54, 1.807) is 5.54 Å². The van der Waals surface area contributed by atoms with Gasteiger partial charge in [0.2, 0.25) is 0 Å². The van der Waals surface area contributed by atoms with Crippen molar-refractivity contribution < 1.29 is 4.39 Å². The van der Waals surface area contributed by atoms with Gasteiger partial charge in [-0.25, -0.2) is 4.39 Å². The Bertz CT molecular complexity index is 649. The van der Waals surface area contributed by atoms with E-state index in [1.165, 1.54) is 49.8 Å². The van der Waals surface area contributed by atoms with Crippen LogP contribution in [0.15, 0.2) is 60.1 Å². The summed E-state index contributed by atoms with van der Waals surface area (Å²) in [6.07, 6.45) is 9.75. The number of rotatable bonds is 5. The first-order valence-corrected chi connectivity index (χ1v) is 9.30. The zero-order valence-electron chi connectivity index (χ0n) is 13.9. The molecule has 2 aromatic rings. The van der Waals surface area contributed by atoms with Crippen molar-refractivity contribution >= 4 is 11.6 Å². The van der Waals surface area contributed by atoms with Gasteiger partial charge < -0.3 is 0 Å². The van der Waals surface area contributed by atoms with E-state index in [1.807, 2.05) is 12.1 Å². The fraction of sp³-hybridized carbons (Fsp3) is 0.364. The zero-order valence-corrected chi connectivity index (χ0v) is 14.7. The minimum atomic E-state index is -0.188. The molecule has 2 aromatic carbocycles. The fourth-order valence-corrected chi connectivity index (χ4v) is 3.85. The smallest absolute Gasteiger partial charge is 0.123 e. The Hall–Kier alpha value is -1.60. The summed E-state index contributed by atoms with van der Waals surface area (Å²) in [6.45, 7) is 0. The number of hydrogen-bond donors (Lipinski definition) is 0. The fourth-order valence-electron chi connectivity index (χ4n) is 3.65. The number of hydrogen-bond acceptors (Lipinski definition) is 0. The number of benzene rings is 2. The lowest BCUT2D eigenvalue weighted by molar-refractivity contribution is 0.296. The van der Waals surface area contributed by atoms with Gasteiger partial charge in [-0.2, -0.15) is 0 Å². The van der Waals surface area contributed by atoms with E-state index in [9.17, 15) is 4.39 Å². The Kier molecular flexibility index (Phi) is 6.09. The quantitative estimate of drug-likeness (QED) is 0.549. The zero-order chi connectivity index (χ0) is 16.8. The van der Waals surface area contributed by atoms with Gasteiger partial charge in [0.15, 0.2) is 0 Å². The molecule has 0 aromatic heterocycles. The molecule has 0 aliphatic heterocycles. The summed E-state index contributed by atoms with van der Waals surface area (Å²) in [5, 5.41) is 0. The lowest BCUT2D eigenvalue weighted by atomic mass is 9.79. The van der Waals surface area contributed by atoms with E-state index >= 15 is 0 Å². The normalized spacial score (nSPS) is 21.2. The molecule has 3 rings (SSSR count). The third kappa shape index (κ3) is 4.70. The lowest BCUT2D eigenvalue weighted by Crippen LogP contribution is -2.13. The number of aryl methyl sites for hydroxylation is 1. The lowest BCUT2D eigenvalue weighted by Gasteiger charge is -2.26. The topological polar surface area (TPSA) is 0 Å². The third-order valence-electron chi connectivity index (χ3n) is 5.21. The van der Waals surface area contributed by atoms with Crippen LogP contribution in [0.4, 0.5) is 4.39 Å². The SMILES string of the molecule is Fc1ccc(-c2ccc(CC[C@H]3CC[C@H](/C=C/Cl)CC3)cc2)cc1. The molecule has 24 heavy (non-hydrogen) atoms. The first-order valence-electron chi connectivity index (χ1n) is 8.86. The van der Waals surface area contributed by atoms with Crippen LogP contribution in [0.5, 0.6) is 0 Å². The van der Waals surface area contributed by atoms with Crippen LogP contribution < -0.4 is 0 Å². The molecular weight excluding hydrogens is 319 g/mol. The maximum atomic E-state index is 13.0. The van der Waals surface area contributed by atoms with Gasteiger partial charge in [0.25, 0.3) is 0 Å². The van der Waals surface area contributed by atoms with Gasteiger partial charge in [0.1, 0.15) is 5.82 Å². The Labute approximate surface area is 149 Å². The van der Waals surface area contributed by atoms with Gasteiger partial charge in [0.05, 0.1) is 0 Å². The molecule has 0 N–H and O–H groups in total. The second-order valence-corrected chi connectivity index (χ2v) is 7.09. The van der Waals surface area contributed by atoms with E-state index in [0.717, 1.165) is 23.5 Å². The molecule has 0 radical (unpaired) electrons. The largest absolute Gasteiger partial charge is 0.207 e. The molecule has 0 atom stereocenters. The molecule has 2 heteroatoms.